The van der Waals surface area contributed by atoms with Crippen LogP contribution in [0.1, 0.15) is 31.7 Å². The normalized spacial score (nSPS) is 27.2. The Bertz CT molecular complexity index is 618. The SMILES string of the molecule is CC(NC(=O)N1CCC(C(=O)O)C1)C1Oc2ccccc2C1C. The lowest BCUT2D eigenvalue weighted by Crippen LogP contribution is -2.49. The highest BCUT2D eigenvalue weighted by atomic mass is 16.5. The molecule has 0 radical (unpaired) electrons. The van der Waals surface area contributed by atoms with E-state index >= 15 is 0 Å². The van der Waals surface area contributed by atoms with Crippen molar-refractivity contribution >= 4 is 12.0 Å². The topological polar surface area (TPSA) is 78.9 Å². The summed E-state index contributed by atoms with van der Waals surface area (Å²) in [7, 11) is 0. The first kappa shape index (κ1) is 15.6. The lowest BCUT2D eigenvalue weighted by atomic mass is 9.94. The Morgan fingerprint density at radius 2 is 2.13 bits per heavy atom. The maximum absolute atomic E-state index is 12.3. The van der Waals surface area contributed by atoms with Crippen molar-refractivity contribution in [1.29, 1.82) is 0 Å². The molecule has 2 aliphatic rings. The van der Waals surface area contributed by atoms with Gasteiger partial charge in [0.2, 0.25) is 0 Å². The van der Waals surface area contributed by atoms with Crippen molar-refractivity contribution < 1.29 is 19.4 Å². The van der Waals surface area contributed by atoms with E-state index in [2.05, 4.69) is 12.2 Å². The second kappa shape index (κ2) is 6.10. The number of rotatable bonds is 3. The van der Waals surface area contributed by atoms with Gasteiger partial charge in [-0.25, -0.2) is 4.79 Å². The number of carboxylic acid groups (broad SMARTS) is 1. The van der Waals surface area contributed by atoms with Gasteiger partial charge in [0.05, 0.1) is 12.0 Å². The van der Waals surface area contributed by atoms with E-state index in [4.69, 9.17) is 9.84 Å². The van der Waals surface area contributed by atoms with Crippen LogP contribution in [-0.2, 0) is 4.79 Å². The van der Waals surface area contributed by atoms with Crippen molar-refractivity contribution in [2.75, 3.05) is 13.1 Å². The van der Waals surface area contributed by atoms with Gasteiger partial charge in [0.15, 0.2) is 0 Å². The molecule has 2 heterocycles. The number of likely N-dealkylation sites (tertiary alicyclic amines) is 1. The van der Waals surface area contributed by atoms with Crippen molar-refractivity contribution in [1.82, 2.24) is 10.2 Å². The molecule has 1 aromatic rings. The van der Waals surface area contributed by atoms with Gasteiger partial charge in [0, 0.05) is 24.6 Å². The molecule has 0 bridgehead atoms. The zero-order valence-corrected chi connectivity index (χ0v) is 13.4. The Kier molecular flexibility index (Phi) is 4.15. The van der Waals surface area contributed by atoms with Crippen LogP contribution < -0.4 is 10.1 Å². The molecule has 2 N–H and O–H groups in total. The number of amides is 2. The van der Waals surface area contributed by atoms with E-state index in [0.29, 0.717) is 13.0 Å². The molecule has 0 aliphatic carbocycles. The van der Waals surface area contributed by atoms with Gasteiger partial charge in [-0.15, -0.1) is 0 Å². The van der Waals surface area contributed by atoms with Crippen molar-refractivity contribution in [2.45, 2.75) is 38.3 Å². The molecule has 4 unspecified atom stereocenters. The summed E-state index contributed by atoms with van der Waals surface area (Å²) in [6.07, 6.45) is 0.396. The van der Waals surface area contributed by atoms with E-state index in [1.165, 1.54) is 0 Å². The van der Waals surface area contributed by atoms with Crippen LogP contribution in [0.5, 0.6) is 5.75 Å². The van der Waals surface area contributed by atoms with Crippen LogP contribution in [0.15, 0.2) is 24.3 Å². The molecule has 0 aromatic heterocycles. The minimum absolute atomic E-state index is 0.116. The third-order valence-corrected chi connectivity index (χ3v) is 4.83. The summed E-state index contributed by atoms with van der Waals surface area (Å²) in [5, 5.41) is 12.0. The van der Waals surface area contributed by atoms with Gasteiger partial charge in [0.25, 0.3) is 0 Å². The number of hydrogen-bond acceptors (Lipinski definition) is 3. The molecule has 0 saturated carbocycles. The standard InChI is InChI=1S/C17H22N2O4/c1-10-13-5-3-4-6-14(13)23-15(10)11(2)18-17(22)19-8-7-12(9-19)16(20)21/h3-6,10-12,15H,7-9H2,1-2H3,(H,18,22)(H,20,21). The second-order valence-corrected chi connectivity index (χ2v) is 6.42. The largest absolute Gasteiger partial charge is 0.487 e. The molecule has 1 aromatic carbocycles. The molecule has 2 aliphatic heterocycles. The maximum atomic E-state index is 12.3. The highest BCUT2D eigenvalue weighted by molar-refractivity contribution is 5.77. The summed E-state index contributed by atoms with van der Waals surface area (Å²) in [6.45, 7) is 4.77. The molecule has 2 amide bonds. The molecule has 3 rings (SSSR count). The van der Waals surface area contributed by atoms with Gasteiger partial charge in [0.1, 0.15) is 11.9 Å². The minimum atomic E-state index is -0.837. The number of fused-ring (bicyclic) bond motifs is 1. The smallest absolute Gasteiger partial charge is 0.317 e. The molecule has 124 valence electrons. The number of para-hydroxylation sites is 1. The average molecular weight is 318 g/mol. The molecule has 0 spiro atoms. The predicted octanol–water partition coefficient (Wildman–Crippen LogP) is 2.06. The fourth-order valence-corrected chi connectivity index (χ4v) is 3.44. The predicted molar refractivity (Wildman–Crippen MR) is 84.6 cm³/mol. The van der Waals surface area contributed by atoms with Crippen LogP contribution in [0, 0.1) is 5.92 Å². The quantitative estimate of drug-likeness (QED) is 0.894. The molecule has 1 fully saturated rings. The number of carbonyl (C=O) groups excluding carboxylic acids is 1. The number of benzene rings is 1. The van der Waals surface area contributed by atoms with Crippen LogP contribution in [0.2, 0.25) is 0 Å². The summed E-state index contributed by atoms with van der Waals surface area (Å²) in [4.78, 5) is 24.9. The van der Waals surface area contributed by atoms with E-state index in [-0.39, 0.29) is 30.6 Å². The summed E-state index contributed by atoms with van der Waals surface area (Å²) >= 11 is 0. The van der Waals surface area contributed by atoms with Gasteiger partial charge < -0.3 is 20.1 Å². The Balaban J connectivity index is 1.59. The van der Waals surface area contributed by atoms with Gasteiger partial charge in [-0.3, -0.25) is 4.79 Å². The Labute approximate surface area is 135 Å². The zero-order valence-electron chi connectivity index (χ0n) is 13.4. The molecule has 6 nitrogen and oxygen atoms in total. The first-order chi connectivity index (χ1) is 11.0. The van der Waals surface area contributed by atoms with Crippen LogP contribution in [-0.4, -0.2) is 47.2 Å². The highest BCUT2D eigenvalue weighted by Crippen LogP contribution is 2.38. The van der Waals surface area contributed by atoms with E-state index in [1.54, 1.807) is 4.90 Å². The molecular weight excluding hydrogens is 296 g/mol. The van der Waals surface area contributed by atoms with Crippen LogP contribution >= 0.6 is 0 Å². The number of urea groups is 1. The number of carboxylic acids is 1. The number of carbonyl (C=O) groups is 2. The number of nitrogens with zero attached hydrogens (tertiary/aromatic N) is 1. The molecule has 23 heavy (non-hydrogen) atoms. The monoisotopic (exact) mass is 318 g/mol. The Hall–Kier alpha value is -2.24. The fraction of sp³-hybridized carbons (Fsp3) is 0.529. The first-order valence-electron chi connectivity index (χ1n) is 8.01. The number of ether oxygens (including phenoxy) is 1. The summed E-state index contributed by atoms with van der Waals surface area (Å²) in [6, 6.07) is 7.54. The first-order valence-corrected chi connectivity index (χ1v) is 8.01. The van der Waals surface area contributed by atoms with Crippen molar-refractivity contribution in [3.05, 3.63) is 29.8 Å². The van der Waals surface area contributed by atoms with Crippen LogP contribution in [0.3, 0.4) is 0 Å². The Morgan fingerprint density at radius 3 is 2.78 bits per heavy atom. The number of hydrogen-bond donors (Lipinski definition) is 2. The molecule has 4 atom stereocenters. The average Bonchev–Trinajstić information content (AvgIpc) is 3.13. The van der Waals surface area contributed by atoms with Crippen LogP contribution in [0.25, 0.3) is 0 Å². The maximum Gasteiger partial charge on any atom is 0.317 e. The van der Waals surface area contributed by atoms with Crippen molar-refractivity contribution in [2.24, 2.45) is 5.92 Å². The lowest BCUT2D eigenvalue weighted by molar-refractivity contribution is -0.141. The zero-order chi connectivity index (χ0) is 16.6. The molecule has 1 saturated heterocycles. The third kappa shape index (κ3) is 2.98. The van der Waals surface area contributed by atoms with Crippen LogP contribution in [0.4, 0.5) is 4.79 Å². The van der Waals surface area contributed by atoms with Crippen molar-refractivity contribution in [3.8, 4) is 5.75 Å². The number of aliphatic carboxylic acids is 1. The van der Waals surface area contributed by atoms with E-state index < -0.39 is 11.9 Å². The van der Waals surface area contributed by atoms with E-state index in [0.717, 1.165) is 11.3 Å². The Morgan fingerprint density at radius 1 is 1.39 bits per heavy atom. The molecular formula is C17H22N2O4. The fourth-order valence-electron chi connectivity index (χ4n) is 3.44. The van der Waals surface area contributed by atoms with Crippen molar-refractivity contribution in [3.63, 3.8) is 0 Å². The summed E-state index contributed by atoms with van der Waals surface area (Å²) in [5.41, 5.74) is 1.16. The summed E-state index contributed by atoms with van der Waals surface area (Å²) < 4.78 is 5.98. The van der Waals surface area contributed by atoms with Gasteiger partial charge in [-0.2, -0.15) is 0 Å². The highest BCUT2D eigenvalue weighted by Gasteiger charge is 2.37. The minimum Gasteiger partial charge on any atom is -0.487 e. The number of nitrogens with one attached hydrogen (secondary N) is 1. The van der Waals surface area contributed by atoms with Gasteiger partial charge in [-0.1, -0.05) is 25.1 Å². The van der Waals surface area contributed by atoms with Gasteiger partial charge in [-0.05, 0) is 19.4 Å². The lowest BCUT2D eigenvalue weighted by Gasteiger charge is -2.26. The van der Waals surface area contributed by atoms with E-state index in [9.17, 15) is 9.59 Å². The third-order valence-electron chi connectivity index (χ3n) is 4.83. The second-order valence-electron chi connectivity index (χ2n) is 6.42. The summed E-state index contributed by atoms with van der Waals surface area (Å²) in [5.74, 6) is -0.219. The molecule has 6 heteroatoms. The van der Waals surface area contributed by atoms with E-state index in [1.807, 2.05) is 31.2 Å². The van der Waals surface area contributed by atoms with Gasteiger partial charge >= 0.3 is 12.0 Å².